The van der Waals surface area contributed by atoms with Crippen LogP contribution in [-0.4, -0.2) is 35.4 Å². The molecule has 1 heterocycles. The number of hydrogen-bond acceptors (Lipinski definition) is 4. The molecule has 0 saturated carbocycles. The Kier molecular flexibility index (Phi) is 5.79. The predicted octanol–water partition coefficient (Wildman–Crippen LogP) is 4.18. The minimum absolute atomic E-state index is 0.229. The van der Waals surface area contributed by atoms with Crippen molar-refractivity contribution in [2.45, 2.75) is 32.7 Å². The highest BCUT2D eigenvalue weighted by Gasteiger charge is 2.26. The molecule has 1 amide bonds. The van der Waals surface area contributed by atoms with Crippen LogP contribution in [0.15, 0.2) is 54.6 Å². The van der Waals surface area contributed by atoms with E-state index in [0.717, 1.165) is 47.0 Å². The van der Waals surface area contributed by atoms with Gasteiger partial charge in [0.1, 0.15) is 0 Å². The zero-order valence-electron chi connectivity index (χ0n) is 17.4. The Morgan fingerprint density at radius 3 is 2.63 bits per heavy atom. The van der Waals surface area contributed by atoms with Crippen LogP contribution in [-0.2, 0) is 28.9 Å². The van der Waals surface area contributed by atoms with Gasteiger partial charge >= 0.3 is 5.97 Å². The van der Waals surface area contributed by atoms with Crippen molar-refractivity contribution in [3.8, 4) is 0 Å². The van der Waals surface area contributed by atoms with Crippen molar-refractivity contribution in [3.05, 3.63) is 77.0 Å². The van der Waals surface area contributed by atoms with Gasteiger partial charge in [0.25, 0.3) is 5.91 Å². The normalized spacial score (nSPS) is 15.5. The number of benzene rings is 2. The van der Waals surface area contributed by atoms with Crippen molar-refractivity contribution < 1.29 is 14.3 Å². The van der Waals surface area contributed by atoms with Gasteiger partial charge in [-0.25, -0.2) is 4.79 Å². The zero-order valence-corrected chi connectivity index (χ0v) is 17.4. The molecule has 0 radical (unpaired) electrons. The van der Waals surface area contributed by atoms with Gasteiger partial charge in [-0.15, -0.1) is 0 Å². The lowest BCUT2D eigenvalue weighted by Crippen LogP contribution is -2.31. The second-order valence-corrected chi connectivity index (χ2v) is 8.09. The number of para-hydroxylation sites is 1. The van der Waals surface area contributed by atoms with Gasteiger partial charge in [0.15, 0.2) is 6.61 Å². The van der Waals surface area contributed by atoms with Gasteiger partial charge in [0, 0.05) is 24.7 Å². The van der Waals surface area contributed by atoms with E-state index in [-0.39, 0.29) is 12.5 Å². The molecule has 1 atom stereocenters. The average molecular weight is 402 g/mol. The number of hydrogen-bond donors (Lipinski definition) is 0. The monoisotopic (exact) mass is 402 g/mol. The van der Waals surface area contributed by atoms with E-state index < -0.39 is 5.97 Å². The molecule has 1 aromatic heterocycles. The molecule has 0 spiro atoms. The summed E-state index contributed by atoms with van der Waals surface area (Å²) in [5.41, 5.74) is 4.35. The van der Waals surface area contributed by atoms with Crippen molar-refractivity contribution in [2.75, 3.05) is 13.7 Å². The first kappa shape index (κ1) is 20.1. The molecule has 0 unspecified atom stereocenters. The summed E-state index contributed by atoms with van der Waals surface area (Å²) in [6.07, 6.45) is 2.73. The SMILES string of the molecule is C[C@@H]1CCc2nc3ccccc3c(C(=O)OCC(=O)N(C)Cc3ccccc3)c2C1. The quantitative estimate of drug-likeness (QED) is 0.601. The first-order valence-corrected chi connectivity index (χ1v) is 10.4. The fourth-order valence-corrected chi connectivity index (χ4v) is 4.05. The fourth-order valence-electron chi connectivity index (χ4n) is 4.05. The Labute approximate surface area is 176 Å². The number of fused-ring (bicyclic) bond motifs is 2. The number of carbonyl (C=O) groups excluding carboxylic acids is 2. The van der Waals surface area contributed by atoms with E-state index in [9.17, 15) is 9.59 Å². The lowest BCUT2D eigenvalue weighted by Gasteiger charge is -2.24. The molecular weight excluding hydrogens is 376 g/mol. The van der Waals surface area contributed by atoms with Crippen LogP contribution < -0.4 is 0 Å². The first-order valence-electron chi connectivity index (χ1n) is 10.4. The summed E-state index contributed by atoms with van der Waals surface area (Å²) >= 11 is 0. The Hall–Kier alpha value is -3.21. The van der Waals surface area contributed by atoms with Gasteiger partial charge in [0.2, 0.25) is 0 Å². The van der Waals surface area contributed by atoms with Gasteiger partial charge in [-0.3, -0.25) is 9.78 Å². The van der Waals surface area contributed by atoms with Gasteiger partial charge in [-0.05, 0) is 42.4 Å². The third-order valence-electron chi connectivity index (χ3n) is 5.72. The van der Waals surface area contributed by atoms with Crippen molar-refractivity contribution in [1.29, 1.82) is 0 Å². The zero-order chi connectivity index (χ0) is 21.1. The molecule has 0 aliphatic heterocycles. The summed E-state index contributed by atoms with van der Waals surface area (Å²) in [5, 5.41) is 0.792. The molecule has 1 aliphatic rings. The highest BCUT2D eigenvalue weighted by molar-refractivity contribution is 6.05. The van der Waals surface area contributed by atoms with E-state index >= 15 is 0 Å². The minimum Gasteiger partial charge on any atom is -0.452 e. The predicted molar refractivity (Wildman–Crippen MR) is 116 cm³/mol. The smallest absolute Gasteiger partial charge is 0.339 e. The highest BCUT2D eigenvalue weighted by Crippen LogP contribution is 2.32. The van der Waals surface area contributed by atoms with Crippen LogP contribution in [0, 0.1) is 5.92 Å². The number of ether oxygens (including phenoxy) is 1. The molecule has 0 saturated heterocycles. The summed E-state index contributed by atoms with van der Waals surface area (Å²) in [6, 6.07) is 17.4. The molecule has 30 heavy (non-hydrogen) atoms. The van der Waals surface area contributed by atoms with Gasteiger partial charge < -0.3 is 9.64 Å². The van der Waals surface area contributed by atoms with Crippen LogP contribution in [0.2, 0.25) is 0 Å². The van der Waals surface area contributed by atoms with Crippen LogP contribution in [0.4, 0.5) is 0 Å². The molecule has 0 N–H and O–H groups in total. The van der Waals surface area contributed by atoms with Crippen LogP contribution in [0.5, 0.6) is 0 Å². The fraction of sp³-hybridized carbons (Fsp3) is 0.320. The van der Waals surface area contributed by atoms with E-state index in [4.69, 9.17) is 9.72 Å². The number of esters is 1. The van der Waals surface area contributed by atoms with Gasteiger partial charge in [-0.1, -0.05) is 55.5 Å². The van der Waals surface area contributed by atoms with E-state index in [1.165, 1.54) is 0 Å². The number of rotatable bonds is 5. The molecule has 5 nitrogen and oxygen atoms in total. The number of nitrogens with zero attached hydrogens (tertiary/aromatic N) is 2. The molecule has 1 aliphatic carbocycles. The Morgan fingerprint density at radius 2 is 1.83 bits per heavy atom. The summed E-state index contributed by atoms with van der Waals surface area (Å²) in [7, 11) is 1.72. The maximum atomic E-state index is 13.1. The summed E-state index contributed by atoms with van der Waals surface area (Å²) in [5.74, 6) is -0.182. The molecule has 154 valence electrons. The summed E-state index contributed by atoms with van der Waals surface area (Å²) < 4.78 is 5.50. The molecule has 2 aromatic carbocycles. The number of amides is 1. The Balaban J connectivity index is 1.53. The molecule has 5 heteroatoms. The van der Waals surface area contributed by atoms with Crippen molar-refractivity contribution >= 4 is 22.8 Å². The van der Waals surface area contributed by atoms with Crippen LogP contribution >= 0.6 is 0 Å². The lowest BCUT2D eigenvalue weighted by atomic mass is 9.84. The van der Waals surface area contributed by atoms with E-state index in [1.807, 2.05) is 54.6 Å². The van der Waals surface area contributed by atoms with Crippen molar-refractivity contribution in [2.24, 2.45) is 5.92 Å². The average Bonchev–Trinajstić information content (AvgIpc) is 2.76. The van der Waals surface area contributed by atoms with Crippen molar-refractivity contribution in [1.82, 2.24) is 9.88 Å². The summed E-state index contributed by atoms with van der Waals surface area (Å²) in [4.78, 5) is 32.0. The lowest BCUT2D eigenvalue weighted by molar-refractivity contribution is -0.133. The molecule has 0 fully saturated rings. The number of aryl methyl sites for hydroxylation is 1. The number of carbonyl (C=O) groups is 2. The van der Waals surface area contributed by atoms with E-state index in [0.29, 0.717) is 18.0 Å². The molecule has 3 aromatic rings. The third kappa shape index (κ3) is 4.20. The van der Waals surface area contributed by atoms with Crippen LogP contribution in [0.3, 0.4) is 0 Å². The van der Waals surface area contributed by atoms with Crippen LogP contribution in [0.1, 0.15) is 40.5 Å². The number of pyridine rings is 1. The summed E-state index contributed by atoms with van der Waals surface area (Å²) in [6.45, 7) is 2.39. The molecular formula is C25H26N2O3. The second kappa shape index (κ2) is 8.66. The highest BCUT2D eigenvalue weighted by atomic mass is 16.5. The minimum atomic E-state index is -0.444. The second-order valence-electron chi connectivity index (χ2n) is 8.09. The first-order chi connectivity index (χ1) is 14.5. The van der Waals surface area contributed by atoms with Gasteiger partial charge in [0.05, 0.1) is 11.1 Å². The maximum Gasteiger partial charge on any atom is 0.339 e. The topological polar surface area (TPSA) is 59.5 Å². The molecule has 0 bridgehead atoms. The number of likely N-dealkylation sites (N-methyl/N-ethyl adjacent to an activating group) is 1. The van der Waals surface area contributed by atoms with Crippen LogP contribution in [0.25, 0.3) is 10.9 Å². The Bertz CT molecular complexity index is 1080. The third-order valence-corrected chi connectivity index (χ3v) is 5.72. The largest absolute Gasteiger partial charge is 0.452 e. The van der Waals surface area contributed by atoms with E-state index in [2.05, 4.69) is 6.92 Å². The van der Waals surface area contributed by atoms with Gasteiger partial charge in [-0.2, -0.15) is 0 Å². The Morgan fingerprint density at radius 1 is 1.10 bits per heavy atom. The standard InChI is InChI=1S/C25H26N2O3/c1-17-12-13-22-20(14-17)24(19-10-6-7-11-21(19)26-22)25(29)30-16-23(28)27(2)15-18-8-4-3-5-9-18/h3-11,17H,12-16H2,1-2H3/t17-/m1/s1. The number of aromatic nitrogens is 1. The molecule has 4 rings (SSSR count). The van der Waals surface area contributed by atoms with Crippen molar-refractivity contribution in [3.63, 3.8) is 0 Å². The maximum absolute atomic E-state index is 13.1. The van der Waals surface area contributed by atoms with E-state index in [1.54, 1.807) is 11.9 Å².